The zero-order valence-electron chi connectivity index (χ0n) is 12.2. The molecule has 3 nitrogen and oxygen atoms in total. The Kier molecular flexibility index (Phi) is 3.89. The smallest absolute Gasteiger partial charge is 0.0969 e. The van der Waals surface area contributed by atoms with E-state index >= 15 is 0 Å². The Balaban J connectivity index is 2.02. The van der Waals surface area contributed by atoms with Gasteiger partial charge in [0.2, 0.25) is 0 Å². The van der Waals surface area contributed by atoms with Crippen LogP contribution in [0, 0.1) is 11.3 Å². The third kappa shape index (κ3) is 2.51. The van der Waals surface area contributed by atoms with Gasteiger partial charge in [-0.1, -0.05) is 43.3 Å². The van der Waals surface area contributed by atoms with Crippen LogP contribution in [0.15, 0.2) is 48.5 Å². The molecule has 1 atom stereocenters. The van der Waals surface area contributed by atoms with E-state index in [1.54, 1.807) is 0 Å². The lowest BCUT2D eigenvalue weighted by Crippen LogP contribution is -2.28. The first-order valence-corrected chi connectivity index (χ1v) is 7.44. The maximum Gasteiger partial charge on any atom is 0.0969 e. The van der Waals surface area contributed by atoms with Gasteiger partial charge in [-0.15, -0.1) is 0 Å². The number of aromatic nitrogens is 1. The minimum atomic E-state index is -0.0880. The Labute approximate surface area is 124 Å². The maximum absolute atomic E-state index is 9.19. The van der Waals surface area contributed by atoms with Crippen LogP contribution in [-0.2, 0) is 6.54 Å². The third-order valence-corrected chi connectivity index (χ3v) is 3.93. The number of para-hydroxylation sites is 2. The molecule has 1 aromatic heterocycles. The average Bonchev–Trinajstić information content (AvgIpc) is 2.86. The van der Waals surface area contributed by atoms with E-state index in [1.165, 1.54) is 21.8 Å². The second kappa shape index (κ2) is 5.99. The van der Waals surface area contributed by atoms with E-state index in [4.69, 9.17) is 0 Å². The van der Waals surface area contributed by atoms with Gasteiger partial charge < -0.3 is 9.88 Å². The highest BCUT2D eigenvalue weighted by Crippen LogP contribution is 2.28. The van der Waals surface area contributed by atoms with Crippen LogP contribution >= 0.6 is 0 Å². The summed E-state index contributed by atoms with van der Waals surface area (Å²) in [6, 6.07) is 19.2. The minimum Gasteiger partial charge on any atom is -0.340 e. The van der Waals surface area contributed by atoms with Crippen molar-refractivity contribution in [2.24, 2.45) is 0 Å². The van der Waals surface area contributed by atoms with E-state index in [0.717, 1.165) is 19.5 Å². The summed E-state index contributed by atoms with van der Waals surface area (Å²) in [4.78, 5) is 0. The van der Waals surface area contributed by atoms with Crippen molar-refractivity contribution in [1.29, 1.82) is 5.26 Å². The van der Waals surface area contributed by atoms with Crippen LogP contribution in [0.5, 0.6) is 0 Å². The molecular formula is C18H19N3. The van der Waals surface area contributed by atoms with Gasteiger partial charge >= 0.3 is 0 Å². The van der Waals surface area contributed by atoms with Gasteiger partial charge in [0.15, 0.2) is 0 Å². The number of aryl methyl sites for hydroxylation is 1. The highest BCUT2D eigenvalue weighted by atomic mass is 15.0. The van der Waals surface area contributed by atoms with E-state index in [9.17, 15) is 5.26 Å². The van der Waals surface area contributed by atoms with Crippen molar-refractivity contribution in [3.05, 3.63) is 48.5 Å². The summed E-state index contributed by atoms with van der Waals surface area (Å²) in [6.07, 6.45) is 0.813. The summed E-state index contributed by atoms with van der Waals surface area (Å²) >= 11 is 0. The number of fused-ring (bicyclic) bond motifs is 3. The molecule has 106 valence electrons. The van der Waals surface area contributed by atoms with Crippen LogP contribution in [0.1, 0.15) is 13.3 Å². The molecule has 3 heteroatoms. The van der Waals surface area contributed by atoms with Crippen molar-refractivity contribution in [3.63, 3.8) is 0 Å². The molecule has 0 aliphatic rings. The zero-order chi connectivity index (χ0) is 14.7. The fourth-order valence-electron chi connectivity index (χ4n) is 2.96. The lowest BCUT2D eigenvalue weighted by molar-refractivity contribution is 0.541. The molecule has 0 radical (unpaired) electrons. The van der Waals surface area contributed by atoms with Crippen LogP contribution in [0.3, 0.4) is 0 Å². The van der Waals surface area contributed by atoms with E-state index in [0.29, 0.717) is 0 Å². The number of benzene rings is 2. The quantitative estimate of drug-likeness (QED) is 0.772. The highest BCUT2D eigenvalue weighted by Gasteiger charge is 2.11. The lowest BCUT2D eigenvalue weighted by atomic mass is 10.2. The molecule has 0 bridgehead atoms. The van der Waals surface area contributed by atoms with Gasteiger partial charge in [-0.05, 0) is 25.1 Å². The predicted molar refractivity (Wildman–Crippen MR) is 87.1 cm³/mol. The monoisotopic (exact) mass is 277 g/mol. The van der Waals surface area contributed by atoms with Crippen molar-refractivity contribution in [2.45, 2.75) is 25.9 Å². The number of hydrogen-bond donors (Lipinski definition) is 1. The lowest BCUT2D eigenvalue weighted by Gasteiger charge is -2.12. The predicted octanol–water partition coefficient (Wildman–Crippen LogP) is 3.69. The normalized spacial score (nSPS) is 12.6. The van der Waals surface area contributed by atoms with Crippen molar-refractivity contribution in [3.8, 4) is 6.07 Å². The molecule has 3 rings (SSSR count). The van der Waals surface area contributed by atoms with Crippen LogP contribution in [-0.4, -0.2) is 17.2 Å². The number of nitriles is 1. The summed E-state index contributed by atoms with van der Waals surface area (Å²) in [5.74, 6) is 0. The maximum atomic E-state index is 9.19. The molecule has 2 aromatic carbocycles. The first-order valence-electron chi connectivity index (χ1n) is 7.44. The first-order chi connectivity index (χ1) is 10.3. The summed E-state index contributed by atoms with van der Waals surface area (Å²) in [5, 5.41) is 15.0. The van der Waals surface area contributed by atoms with Gasteiger partial charge in [0.1, 0.15) is 0 Å². The molecule has 0 aliphatic heterocycles. The zero-order valence-corrected chi connectivity index (χ0v) is 12.2. The van der Waals surface area contributed by atoms with Gasteiger partial charge in [-0.3, -0.25) is 0 Å². The van der Waals surface area contributed by atoms with Gasteiger partial charge in [-0.25, -0.2) is 0 Å². The molecule has 0 spiro atoms. The van der Waals surface area contributed by atoms with Crippen molar-refractivity contribution >= 4 is 21.8 Å². The van der Waals surface area contributed by atoms with Crippen LogP contribution < -0.4 is 5.32 Å². The van der Waals surface area contributed by atoms with Crippen molar-refractivity contribution < 1.29 is 0 Å². The third-order valence-electron chi connectivity index (χ3n) is 3.93. The van der Waals surface area contributed by atoms with Gasteiger partial charge in [-0.2, -0.15) is 5.26 Å². The Hall–Kier alpha value is -2.31. The SMILES string of the molecule is CCNC(C#N)CCn1c2ccccc2c2ccccc21. The second-order valence-electron chi connectivity index (χ2n) is 5.21. The summed E-state index contributed by atoms with van der Waals surface area (Å²) < 4.78 is 2.33. The van der Waals surface area contributed by atoms with E-state index in [-0.39, 0.29) is 6.04 Å². The molecule has 0 aliphatic carbocycles. The fourth-order valence-corrected chi connectivity index (χ4v) is 2.96. The molecule has 1 unspecified atom stereocenters. The largest absolute Gasteiger partial charge is 0.340 e. The molecule has 1 heterocycles. The van der Waals surface area contributed by atoms with Crippen LogP contribution in [0.4, 0.5) is 0 Å². The molecule has 0 amide bonds. The standard InChI is InChI=1S/C18H19N3/c1-2-20-14(13-19)11-12-21-17-9-5-3-7-15(17)16-8-4-6-10-18(16)21/h3-10,14,20H,2,11-12H2,1H3. The van der Waals surface area contributed by atoms with Gasteiger partial charge in [0, 0.05) is 28.4 Å². The topological polar surface area (TPSA) is 40.8 Å². The first kappa shape index (κ1) is 13.7. The van der Waals surface area contributed by atoms with Crippen LogP contribution in [0.25, 0.3) is 21.8 Å². The number of nitrogens with zero attached hydrogens (tertiary/aromatic N) is 2. The second-order valence-corrected chi connectivity index (χ2v) is 5.21. The average molecular weight is 277 g/mol. The number of rotatable bonds is 5. The molecule has 1 N–H and O–H groups in total. The molecular weight excluding hydrogens is 258 g/mol. The van der Waals surface area contributed by atoms with Crippen molar-refractivity contribution in [1.82, 2.24) is 9.88 Å². The molecule has 21 heavy (non-hydrogen) atoms. The minimum absolute atomic E-state index is 0.0880. The Morgan fingerprint density at radius 1 is 1.05 bits per heavy atom. The van der Waals surface area contributed by atoms with Crippen molar-refractivity contribution in [2.75, 3.05) is 6.54 Å². The molecule has 0 saturated carbocycles. The molecule has 0 fully saturated rings. The highest BCUT2D eigenvalue weighted by molar-refractivity contribution is 6.07. The van der Waals surface area contributed by atoms with Crippen LogP contribution in [0.2, 0.25) is 0 Å². The Morgan fingerprint density at radius 3 is 2.14 bits per heavy atom. The summed E-state index contributed by atoms with van der Waals surface area (Å²) in [7, 11) is 0. The van der Waals surface area contributed by atoms with E-state index in [2.05, 4.69) is 64.5 Å². The Bertz CT molecular complexity index is 742. The Morgan fingerprint density at radius 2 is 1.62 bits per heavy atom. The van der Waals surface area contributed by atoms with E-state index in [1.807, 2.05) is 6.92 Å². The number of nitrogens with one attached hydrogen (secondary N) is 1. The van der Waals surface area contributed by atoms with Gasteiger partial charge in [0.25, 0.3) is 0 Å². The summed E-state index contributed by atoms with van der Waals surface area (Å²) in [6.45, 7) is 3.70. The fraction of sp³-hybridized carbons (Fsp3) is 0.278. The number of hydrogen-bond acceptors (Lipinski definition) is 2. The van der Waals surface area contributed by atoms with E-state index < -0.39 is 0 Å². The molecule has 0 saturated heterocycles. The summed E-state index contributed by atoms with van der Waals surface area (Å²) in [5.41, 5.74) is 2.48. The molecule has 3 aromatic rings. The van der Waals surface area contributed by atoms with Gasteiger partial charge in [0.05, 0.1) is 12.1 Å².